The van der Waals surface area contributed by atoms with Crippen LogP contribution in [-0.4, -0.2) is 11.7 Å². The molecule has 1 aliphatic rings. The second-order valence-corrected chi connectivity index (χ2v) is 10.0. The van der Waals surface area contributed by atoms with E-state index in [0.717, 1.165) is 12.1 Å². The van der Waals surface area contributed by atoms with E-state index in [9.17, 15) is 4.79 Å². The average molecular weight is 347 g/mol. The van der Waals surface area contributed by atoms with Gasteiger partial charge in [0.2, 0.25) is 11.7 Å². The number of carbonyl (C=O) groups is 1. The quantitative estimate of drug-likeness (QED) is 0.772. The van der Waals surface area contributed by atoms with Crippen molar-refractivity contribution in [2.24, 2.45) is 16.2 Å². The summed E-state index contributed by atoms with van der Waals surface area (Å²) in [7, 11) is 0. The minimum Gasteiger partial charge on any atom is -0.449 e. The largest absolute Gasteiger partial charge is 0.449 e. The maximum atomic E-state index is 13.2. The Morgan fingerprint density at radius 1 is 1.00 bits per heavy atom. The molecule has 4 heteroatoms. The third-order valence-corrected chi connectivity index (χ3v) is 4.95. The van der Waals surface area contributed by atoms with Crippen molar-refractivity contribution in [3.63, 3.8) is 0 Å². The highest BCUT2D eigenvalue weighted by atomic mass is 16.7. The number of ether oxygens (including phenoxy) is 2. The number of rotatable bonds is 3. The monoisotopic (exact) mass is 347 g/mol. The molecule has 0 aromatic heterocycles. The van der Waals surface area contributed by atoms with Crippen LogP contribution in [-0.2, 0) is 4.79 Å². The number of anilines is 1. The van der Waals surface area contributed by atoms with Crippen molar-refractivity contribution in [2.45, 2.75) is 74.5 Å². The van der Waals surface area contributed by atoms with Crippen LogP contribution in [0.1, 0.15) is 68.7 Å². The van der Waals surface area contributed by atoms with Crippen molar-refractivity contribution in [3.05, 3.63) is 18.2 Å². The number of hydrogen-bond donors (Lipinski definition) is 1. The van der Waals surface area contributed by atoms with Gasteiger partial charge in [0.05, 0.1) is 5.41 Å². The van der Waals surface area contributed by atoms with Gasteiger partial charge in [-0.25, -0.2) is 0 Å². The number of hydrogen-bond acceptors (Lipinski definition) is 3. The van der Waals surface area contributed by atoms with Crippen LogP contribution in [0.2, 0.25) is 0 Å². The SMILES string of the molecule is CC(C)(C)CC(C)(C(=O)Nc1ccc2c(c1)OC(C)(C)O2)C(C)(C)C. The fourth-order valence-electron chi connectivity index (χ4n) is 3.32. The molecular formula is C21H33NO3. The number of nitrogens with one attached hydrogen (secondary N) is 1. The lowest BCUT2D eigenvalue weighted by atomic mass is 9.61. The topological polar surface area (TPSA) is 47.6 Å². The van der Waals surface area contributed by atoms with Crippen molar-refractivity contribution in [2.75, 3.05) is 5.32 Å². The molecule has 1 unspecified atom stereocenters. The molecule has 1 aromatic rings. The smallest absolute Gasteiger partial charge is 0.246 e. The Kier molecular flexibility index (Phi) is 4.65. The van der Waals surface area contributed by atoms with Crippen LogP contribution in [0.15, 0.2) is 18.2 Å². The molecule has 1 N–H and O–H groups in total. The van der Waals surface area contributed by atoms with E-state index in [1.54, 1.807) is 0 Å². The van der Waals surface area contributed by atoms with Gasteiger partial charge in [0, 0.05) is 25.6 Å². The molecule has 1 amide bonds. The van der Waals surface area contributed by atoms with Crippen molar-refractivity contribution in [1.29, 1.82) is 0 Å². The summed E-state index contributed by atoms with van der Waals surface area (Å²) in [6.07, 6.45) is 0.799. The summed E-state index contributed by atoms with van der Waals surface area (Å²) in [5.74, 6) is 0.734. The summed E-state index contributed by atoms with van der Waals surface area (Å²) in [6.45, 7) is 18.7. The molecule has 0 saturated carbocycles. The number of amides is 1. The summed E-state index contributed by atoms with van der Waals surface area (Å²) < 4.78 is 11.5. The highest BCUT2D eigenvalue weighted by molar-refractivity contribution is 5.96. The Hall–Kier alpha value is -1.71. The molecule has 1 aromatic carbocycles. The molecule has 140 valence electrons. The van der Waals surface area contributed by atoms with E-state index >= 15 is 0 Å². The minimum atomic E-state index is -0.670. The van der Waals surface area contributed by atoms with Crippen molar-refractivity contribution in [3.8, 4) is 11.5 Å². The van der Waals surface area contributed by atoms with Crippen LogP contribution in [0.3, 0.4) is 0 Å². The number of fused-ring (bicyclic) bond motifs is 1. The first-order chi connectivity index (χ1) is 11.1. The van der Waals surface area contributed by atoms with E-state index in [4.69, 9.17) is 9.47 Å². The van der Waals surface area contributed by atoms with Crippen LogP contribution in [0.25, 0.3) is 0 Å². The summed E-state index contributed by atoms with van der Waals surface area (Å²) >= 11 is 0. The summed E-state index contributed by atoms with van der Waals surface area (Å²) in [5.41, 5.74) is 0.122. The molecule has 0 saturated heterocycles. The fraction of sp³-hybridized carbons (Fsp3) is 0.667. The predicted octanol–water partition coefficient (Wildman–Crippen LogP) is 5.62. The molecule has 4 nitrogen and oxygen atoms in total. The van der Waals surface area contributed by atoms with Crippen LogP contribution in [0.4, 0.5) is 5.69 Å². The Labute approximate surface area is 152 Å². The van der Waals surface area contributed by atoms with Gasteiger partial charge in [0.1, 0.15) is 0 Å². The predicted molar refractivity (Wildman–Crippen MR) is 102 cm³/mol. The van der Waals surface area contributed by atoms with Gasteiger partial charge in [-0.3, -0.25) is 4.79 Å². The average Bonchev–Trinajstić information content (AvgIpc) is 2.68. The summed E-state index contributed by atoms with van der Waals surface area (Å²) in [5, 5.41) is 3.09. The van der Waals surface area contributed by atoms with Crippen LogP contribution in [0.5, 0.6) is 11.5 Å². The van der Waals surface area contributed by atoms with Gasteiger partial charge in [0.15, 0.2) is 11.5 Å². The molecule has 0 fully saturated rings. The first-order valence-corrected chi connectivity index (χ1v) is 8.97. The molecule has 0 spiro atoms. The van der Waals surface area contributed by atoms with Crippen molar-refractivity contribution < 1.29 is 14.3 Å². The molecule has 0 bridgehead atoms. The Morgan fingerprint density at radius 2 is 1.56 bits per heavy atom. The lowest BCUT2D eigenvalue weighted by molar-refractivity contribution is -0.133. The van der Waals surface area contributed by atoms with E-state index in [1.807, 2.05) is 32.0 Å². The molecule has 0 radical (unpaired) electrons. The molecule has 1 aliphatic heterocycles. The van der Waals surface area contributed by atoms with Gasteiger partial charge in [-0.05, 0) is 29.4 Å². The van der Waals surface area contributed by atoms with E-state index in [0.29, 0.717) is 11.5 Å². The van der Waals surface area contributed by atoms with Gasteiger partial charge in [-0.1, -0.05) is 48.5 Å². The first-order valence-electron chi connectivity index (χ1n) is 8.97. The second kappa shape index (κ2) is 5.93. The van der Waals surface area contributed by atoms with Gasteiger partial charge >= 0.3 is 0 Å². The summed E-state index contributed by atoms with van der Waals surface area (Å²) in [4.78, 5) is 13.2. The zero-order valence-corrected chi connectivity index (χ0v) is 17.2. The molecule has 25 heavy (non-hydrogen) atoms. The zero-order chi connectivity index (χ0) is 19.3. The number of benzene rings is 1. The van der Waals surface area contributed by atoms with Gasteiger partial charge < -0.3 is 14.8 Å². The van der Waals surface area contributed by atoms with E-state index in [-0.39, 0.29) is 16.7 Å². The van der Waals surface area contributed by atoms with Crippen LogP contribution < -0.4 is 14.8 Å². The molecule has 0 aliphatic carbocycles. The van der Waals surface area contributed by atoms with Gasteiger partial charge in [-0.15, -0.1) is 0 Å². The highest BCUT2D eigenvalue weighted by Gasteiger charge is 2.46. The standard InChI is InChI=1S/C21H33NO3/c1-18(2,3)13-21(9,19(4,5)6)17(23)22-14-10-11-15-16(12-14)25-20(7,8)24-15/h10-12H,13H2,1-9H3,(H,22,23). The lowest BCUT2D eigenvalue weighted by Crippen LogP contribution is -2.46. The third-order valence-electron chi connectivity index (χ3n) is 4.95. The van der Waals surface area contributed by atoms with Gasteiger partial charge in [0.25, 0.3) is 0 Å². The molecule has 1 heterocycles. The normalized spacial score (nSPS) is 18.6. The van der Waals surface area contributed by atoms with E-state index in [2.05, 4.69) is 53.8 Å². The maximum Gasteiger partial charge on any atom is 0.246 e. The number of carbonyl (C=O) groups excluding carboxylic acids is 1. The Morgan fingerprint density at radius 3 is 2.08 bits per heavy atom. The van der Waals surface area contributed by atoms with Crippen LogP contribution in [0, 0.1) is 16.2 Å². The fourth-order valence-corrected chi connectivity index (χ4v) is 3.32. The molecular weight excluding hydrogens is 314 g/mol. The van der Waals surface area contributed by atoms with Crippen molar-refractivity contribution in [1.82, 2.24) is 0 Å². The maximum absolute atomic E-state index is 13.2. The third kappa shape index (κ3) is 4.28. The second-order valence-electron chi connectivity index (χ2n) is 10.0. The van der Waals surface area contributed by atoms with Crippen molar-refractivity contribution >= 4 is 11.6 Å². The van der Waals surface area contributed by atoms with Gasteiger partial charge in [-0.2, -0.15) is 0 Å². The van der Waals surface area contributed by atoms with Crippen LogP contribution >= 0.6 is 0 Å². The van der Waals surface area contributed by atoms with E-state index in [1.165, 1.54) is 0 Å². The minimum absolute atomic E-state index is 0.0352. The Balaban J connectivity index is 2.25. The highest BCUT2D eigenvalue weighted by Crippen LogP contribution is 2.47. The molecule has 2 rings (SSSR count). The summed E-state index contributed by atoms with van der Waals surface area (Å²) in [6, 6.07) is 5.54. The van der Waals surface area contributed by atoms with E-state index < -0.39 is 11.2 Å². The molecule has 1 atom stereocenters. The lowest BCUT2D eigenvalue weighted by Gasteiger charge is -2.44. The zero-order valence-electron chi connectivity index (χ0n) is 17.2. The first kappa shape index (κ1) is 19.6. The Bertz CT molecular complexity index is 665.